The summed E-state index contributed by atoms with van der Waals surface area (Å²) < 4.78 is 15.5. The average Bonchev–Trinajstić information content (AvgIpc) is 3.10. The van der Waals surface area contributed by atoms with E-state index in [-0.39, 0.29) is 27.8 Å². The summed E-state index contributed by atoms with van der Waals surface area (Å²) in [4.78, 5) is 29.6. The maximum absolute atomic E-state index is 14.0. The summed E-state index contributed by atoms with van der Waals surface area (Å²) in [5.41, 5.74) is 3.17. The van der Waals surface area contributed by atoms with Crippen molar-refractivity contribution < 1.29 is 14.0 Å². The Hall–Kier alpha value is -4.04. The molecule has 7 nitrogen and oxygen atoms in total. The van der Waals surface area contributed by atoms with Crippen LogP contribution in [0.25, 0.3) is 0 Å². The Morgan fingerprint density at radius 2 is 1.71 bits per heavy atom. The fraction of sp³-hybridized carbons (Fsp3) is 0.120. The first-order valence-corrected chi connectivity index (χ1v) is 10.8. The molecule has 0 saturated carbocycles. The second kappa shape index (κ2) is 9.84. The normalized spacial score (nSPS) is 10.7. The Balaban J connectivity index is 1.57. The lowest BCUT2D eigenvalue weighted by Crippen LogP contribution is -2.18. The van der Waals surface area contributed by atoms with E-state index in [2.05, 4.69) is 20.7 Å². The van der Waals surface area contributed by atoms with E-state index >= 15 is 0 Å². The standard InChI is InChI=1S/C25H21ClFN5O2/c1-15-6-8-17(9-7-15)14-32-23(26)22(16(2)31-32)25(34)30-21-13-18(27)10-11-19(21)29-24(33)20-5-3-4-12-28-20/h3-13H,14H2,1-2H3,(H,29,33)(H,30,34). The number of nitrogens with zero attached hydrogens (tertiary/aromatic N) is 3. The summed E-state index contributed by atoms with van der Waals surface area (Å²) in [6.07, 6.45) is 1.49. The van der Waals surface area contributed by atoms with Crippen molar-refractivity contribution in [2.45, 2.75) is 20.4 Å². The summed E-state index contributed by atoms with van der Waals surface area (Å²) in [7, 11) is 0. The van der Waals surface area contributed by atoms with Crippen molar-refractivity contribution in [2.75, 3.05) is 10.6 Å². The van der Waals surface area contributed by atoms with Gasteiger partial charge in [0, 0.05) is 6.20 Å². The van der Waals surface area contributed by atoms with Crippen molar-refractivity contribution in [3.63, 3.8) is 0 Å². The number of amides is 2. The number of hydrogen-bond acceptors (Lipinski definition) is 4. The number of halogens is 2. The zero-order valence-electron chi connectivity index (χ0n) is 18.5. The van der Waals surface area contributed by atoms with E-state index in [1.165, 1.54) is 23.0 Å². The lowest BCUT2D eigenvalue weighted by molar-refractivity contribution is 0.101. The predicted molar refractivity (Wildman–Crippen MR) is 129 cm³/mol. The van der Waals surface area contributed by atoms with Crippen molar-refractivity contribution in [1.82, 2.24) is 14.8 Å². The molecular formula is C25H21ClFN5O2. The minimum Gasteiger partial charge on any atom is -0.320 e. The molecule has 0 spiro atoms. The van der Waals surface area contributed by atoms with Crippen molar-refractivity contribution in [3.05, 3.63) is 106 Å². The molecule has 0 radical (unpaired) electrons. The van der Waals surface area contributed by atoms with Crippen LogP contribution in [0.5, 0.6) is 0 Å². The lowest BCUT2D eigenvalue weighted by Gasteiger charge is -2.12. The van der Waals surface area contributed by atoms with Gasteiger partial charge in [-0.05, 0) is 49.7 Å². The third-order valence-corrected chi connectivity index (χ3v) is 5.51. The van der Waals surface area contributed by atoms with E-state index in [1.54, 1.807) is 25.1 Å². The average molecular weight is 478 g/mol. The Labute approximate surface area is 200 Å². The molecule has 0 aliphatic carbocycles. The van der Waals surface area contributed by atoms with E-state index in [0.717, 1.165) is 17.2 Å². The van der Waals surface area contributed by atoms with Gasteiger partial charge in [0.25, 0.3) is 11.8 Å². The highest BCUT2D eigenvalue weighted by Gasteiger charge is 2.22. The van der Waals surface area contributed by atoms with Crippen molar-refractivity contribution in [2.24, 2.45) is 0 Å². The van der Waals surface area contributed by atoms with Gasteiger partial charge in [0.15, 0.2) is 0 Å². The van der Waals surface area contributed by atoms with E-state index in [4.69, 9.17) is 11.6 Å². The minimum absolute atomic E-state index is 0.0797. The molecule has 0 atom stereocenters. The molecule has 2 heterocycles. The van der Waals surface area contributed by atoms with Crippen LogP contribution in [0, 0.1) is 19.7 Å². The summed E-state index contributed by atoms with van der Waals surface area (Å²) in [6, 6.07) is 16.5. The predicted octanol–water partition coefficient (Wildman–Crippen LogP) is 5.24. The largest absolute Gasteiger partial charge is 0.320 e. The van der Waals surface area contributed by atoms with Gasteiger partial charge in [-0.3, -0.25) is 14.6 Å². The number of benzene rings is 2. The molecule has 0 bridgehead atoms. The fourth-order valence-corrected chi connectivity index (χ4v) is 3.70. The molecule has 34 heavy (non-hydrogen) atoms. The van der Waals surface area contributed by atoms with Crippen LogP contribution in [0.3, 0.4) is 0 Å². The summed E-state index contributed by atoms with van der Waals surface area (Å²) in [5.74, 6) is -1.65. The van der Waals surface area contributed by atoms with Crippen LogP contribution in [0.4, 0.5) is 15.8 Å². The number of aromatic nitrogens is 3. The van der Waals surface area contributed by atoms with Crippen LogP contribution in [0.1, 0.15) is 37.7 Å². The number of pyridine rings is 1. The lowest BCUT2D eigenvalue weighted by atomic mass is 10.1. The highest BCUT2D eigenvalue weighted by Crippen LogP contribution is 2.27. The minimum atomic E-state index is -0.580. The second-order valence-electron chi connectivity index (χ2n) is 7.71. The summed E-state index contributed by atoms with van der Waals surface area (Å²) >= 11 is 6.49. The van der Waals surface area contributed by atoms with Crippen molar-refractivity contribution >= 4 is 34.8 Å². The number of carbonyl (C=O) groups is 2. The topological polar surface area (TPSA) is 88.9 Å². The summed E-state index contributed by atoms with van der Waals surface area (Å²) in [5, 5.41) is 9.83. The quantitative estimate of drug-likeness (QED) is 0.397. The molecule has 9 heteroatoms. The van der Waals surface area contributed by atoms with Gasteiger partial charge in [-0.1, -0.05) is 47.5 Å². The number of hydrogen-bond donors (Lipinski definition) is 2. The molecule has 2 aromatic carbocycles. The Bertz CT molecular complexity index is 1350. The fourth-order valence-electron chi connectivity index (χ4n) is 3.38. The van der Waals surface area contributed by atoms with E-state index in [1.807, 2.05) is 31.2 Å². The van der Waals surface area contributed by atoms with Crippen LogP contribution in [-0.2, 0) is 6.54 Å². The molecule has 4 rings (SSSR count). The van der Waals surface area contributed by atoms with Gasteiger partial charge in [0.1, 0.15) is 16.7 Å². The highest BCUT2D eigenvalue weighted by molar-refractivity contribution is 6.33. The molecule has 0 unspecified atom stereocenters. The molecule has 0 fully saturated rings. The van der Waals surface area contributed by atoms with Gasteiger partial charge in [-0.2, -0.15) is 5.10 Å². The Morgan fingerprint density at radius 3 is 2.41 bits per heavy atom. The molecule has 2 N–H and O–H groups in total. The molecule has 0 aliphatic heterocycles. The SMILES string of the molecule is Cc1ccc(Cn2nc(C)c(C(=O)Nc3cc(F)ccc3NC(=O)c3ccccn3)c2Cl)cc1. The van der Waals surface area contributed by atoms with E-state index in [9.17, 15) is 14.0 Å². The Kier molecular flexibility index (Phi) is 6.70. The van der Waals surface area contributed by atoms with Crippen molar-refractivity contribution in [3.8, 4) is 0 Å². The number of nitrogens with one attached hydrogen (secondary N) is 2. The van der Waals surface area contributed by atoms with Gasteiger partial charge in [-0.15, -0.1) is 0 Å². The second-order valence-corrected chi connectivity index (χ2v) is 8.07. The summed E-state index contributed by atoms with van der Waals surface area (Å²) in [6.45, 7) is 4.05. The number of anilines is 2. The van der Waals surface area contributed by atoms with Crippen LogP contribution in [0.2, 0.25) is 5.15 Å². The molecule has 172 valence electrons. The van der Waals surface area contributed by atoms with Crippen LogP contribution >= 0.6 is 11.6 Å². The molecule has 2 amide bonds. The van der Waals surface area contributed by atoms with Crippen molar-refractivity contribution in [1.29, 1.82) is 0 Å². The first kappa shape index (κ1) is 23.1. The molecule has 0 aliphatic rings. The smallest absolute Gasteiger partial charge is 0.274 e. The van der Waals surface area contributed by atoms with Gasteiger partial charge >= 0.3 is 0 Å². The van der Waals surface area contributed by atoms with Gasteiger partial charge < -0.3 is 10.6 Å². The van der Waals surface area contributed by atoms with E-state index < -0.39 is 17.6 Å². The van der Waals surface area contributed by atoms with Gasteiger partial charge in [0.2, 0.25) is 0 Å². The molecule has 4 aromatic rings. The van der Waals surface area contributed by atoms with Gasteiger partial charge in [-0.25, -0.2) is 9.07 Å². The molecule has 2 aromatic heterocycles. The number of aryl methyl sites for hydroxylation is 2. The third kappa shape index (κ3) is 5.13. The monoisotopic (exact) mass is 477 g/mol. The molecular weight excluding hydrogens is 457 g/mol. The highest BCUT2D eigenvalue weighted by atomic mass is 35.5. The zero-order chi connectivity index (χ0) is 24.2. The number of carbonyl (C=O) groups excluding carboxylic acids is 2. The molecule has 0 saturated heterocycles. The maximum Gasteiger partial charge on any atom is 0.274 e. The van der Waals surface area contributed by atoms with Crippen LogP contribution < -0.4 is 10.6 Å². The number of rotatable bonds is 6. The zero-order valence-corrected chi connectivity index (χ0v) is 19.2. The Morgan fingerprint density at radius 1 is 0.971 bits per heavy atom. The third-order valence-electron chi connectivity index (χ3n) is 5.12. The van der Waals surface area contributed by atoms with Gasteiger partial charge in [0.05, 0.1) is 29.2 Å². The first-order valence-electron chi connectivity index (χ1n) is 10.4. The maximum atomic E-state index is 14.0. The van der Waals surface area contributed by atoms with Crippen LogP contribution in [0.15, 0.2) is 66.9 Å². The van der Waals surface area contributed by atoms with Crippen LogP contribution in [-0.4, -0.2) is 26.6 Å². The van der Waals surface area contributed by atoms with E-state index in [0.29, 0.717) is 12.2 Å². The first-order chi connectivity index (χ1) is 16.3.